The van der Waals surface area contributed by atoms with E-state index in [-0.39, 0.29) is 11.5 Å². The molecule has 4 rings (SSSR count). The lowest BCUT2D eigenvalue weighted by Crippen LogP contribution is -2.06. The van der Waals surface area contributed by atoms with Crippen molar-refractivity contribution in [2.45, 2.75) is 38.0 Å². The van der Waals surface area contributed by atoms with E-state index < -0.39 is 5.63 Å². The second kappa shape index (κ2) is 7.16. The van der Waals surface area contributed by atoms with Crippen LogP contribution >= 0.6 is 0 Å². The van der Waals surface area contributed by atoms with Crippen molar-refractivity contribution in [1.82, 2.24) is 4.98 Å². The highest BCUT2D eigenvalue weighted by Gasteiger charge is 2.15. The summed E-state index contributed by atoms with van der Waals surface area (Å²) in [6.45, 7) is 0. The van der Waals surface area contributed by atoms with E-state index in [1.165, 1.54) is 43.7 Å². The minimum absolute atomic E-state index is 0.00951. The van der Waals surface area contributed by atoms with Crippen LogP contribution in [0.15, 0.2) is 57.7 Å². The second-order valence-electron chi connectivity index (χ2n) is 6.84. The van der Waals surface area contributed by atoms with Crippen LogP contribution in [0.3, 0.4) is 0 Å². The Labute approximate surface area is 151 Å². The van der Waals surface area contributed by atoms with Gasteiger partial charge in [0.05, 0.1) is 0 Å². The van der Waals surface area contributed by atoms with Gasteiger partial charge in [-0.3, -0.25) is 0 Å². The molecule has 0 unspecified atom stereocenters. The maximum absolute atomic E-state index is 12.1. The van der Waals surface area contributed by atoms with Crippen LogP contribution in [0, 0.1) is 0 Å². The lowest BCUT2D eigenvalue weighted by molar-refractivity contribution is 0.443. The normalized spacial score (nSPS) is 16.1. The number of benzene rings is 2. The molecule has 0 saturated heterocycles. The van der Waals surface area contributed by atoms with Gasteiger partial charge in [-0.1, -0.05) is 55.7 Å². The lowest BCUT2D eigenvalue weighted by Gasteiger charge is -2.22. The Morgan fingerprint density at radius 3 is 2.54 bits per heavy atom. The van der Waals surface area contributed by atoms with Crippen LogP contribution < -0.4 is 5.63 Å². The fourth-order valence-electron chi connectivity index (χ4n) is 3.63. The molecule has 4 heteroatoms. The summed E-state index contributed by atoms with van der Waals surface area (Å²) in [6, 6.07) is 15.0. The highest BCUT2D eigenvalue weighted by molar-refractivity contribution is 5.78. The number of nitrogens with zero attached hydrogens (tertiary/aromatic N) is 1. The zero-order valence-electron chi connectivity index (χ0n) is 14.5. The highest BCUT2D eigenvalue weighted by atomic mass is 16.4. The molecular weight excluding hydrogens is 326 g/mol. The van der Waals surface area contributed by atoms with Gasteiger partial charge in [0.1, 0.15) is 11.3 Å². The molecule has 26 heavy (non-hydrogen) atoms. The van der Waals surface area contributed by atoms with E-state index in [2.05, 4.69) is 17.1 Å². The number of aliphatic hydroxyl groups excluding tert-OH is 1. The Morgan fingerprint density at radius 1 is 1.04 bits per heavy atom. The fourth-order valence-corrected chi connectivity index (χ4v) is 3.63. The zero-order chi connectivity index (χ0) is 17.9. The van der Waals surface area contributed by atoms with Gasteiger partial charge in [0.15, 0.2) is 11.3 Å². The van der Waals surface area contributed by atoms with Gasteiger partial charge in [-0.05, 0) is 36.5 Å². The van der Waals surface area contributed by atoms with Crippen molar-refractivity contribution in [2.24, 2.45) is 0 Å². The van der Waals surface area contributed by atoms with E-state index >= 15 is 0 Å². The molecule has 1 aliphatic carbocycles. The summed E-state index contributed by atoms with van der Waals surface area (Å²) in [5, 5.41) is 10.4. The Hall–Kier alpha value is -2.88. The van der Waals surface area contributed by atoms with Gasteiger partial charge in [-0.25, -0.2) is 9.78 Å². The zero-order valence-corrected chi connectivity index (χ0v) is 14.5. The van der Waals surface area contributed by atoms with Crippen molar-refractivity contribution in [2.75, 3.05) is 0 Å². The number of fused-ring (bicyclic) bond motifs is 1. The third-order valence-corrected chi connectivity index (χ3v) is 5.07. The molecule has 2 aromatic carbocycles. The molecule has 1 saturated carbocycles. The molecule has 3 aromatic rings. The van der Waals surface area contributed by atoms with Gasteiger partial charge in [0, 0.05) is 11.6 Å². The average Bonchev–Trinajstić information content (AvgIpc) is 2.69. The maximum atomic E-state index is 12.1. The van der Waals surface area contributed by atoms with E-state index in [1.54, 1.807) is 18.2 Å². The first-order chi connectivity index (χ1) is 12.7. The summed E-state index contributed by atoms with van der Waals surface area (Å²) >= 11 is 0. The van der Waals surface area contributed by atoms with E-state index in [4.69, 9.17) is 4.42 Å². The lowest BCUT2D eigenvalue weighted by atomic mass is 9.84. The van der Waals surface area contributed by atoms with E-state index in [1.807, 2.05) is 18.2 Å². The van der Waals surface area contributed by atoms with E-state index in [9.17, 15) is 9.90 Å². The quantitative estimate of drug-likeness (QED) is 0.654. The summed E-state index contributed by atoms with van der Waals surface area (Å²) in [5.41, 5.74) is 2.54. The topological polar surface area (TPSA) is 63.3 Å². The van der Waals surface area contributed by atoms with Crippen molar-refractivity contribution in [1.29, 1.82) is 0 Å². The molecule has 1 aromatic heterocycles. The van der Waals surface area contributed by atoms with Crippen LogP contribution in [0.5, 0.6) is 0 Å². The van der Waals surface area contributed by atoms with Crippen LogP contribution in [0.1, 0.15) is 54.8 Å². The first kappa shape index (κ1) is 16.6. The number of aromatic nitrogens is 1. The number of rotatable bonds is 3. The molecule has 1 heterocycles. The summed E-state index contributed by atoms with van der Waals surface area (Å²) in [5.74, 6) is 0.633. The molecular formula is C22H21NO3. The molecule has 0 bridgehead atoms. The van der Waals surface area contributed by atoms with Crippen molar-refractivity contribution < 1.29 is 9.52 Å². The van der Waals surface area contributed by atoms with Crippen LogP contribution in [0.4, 0.5) is 0 Å². The largest absolute Gasteiger partial charge is 0.507 e. The second-order valence-corrected chi connectivity index (χ2v) is 6.84. The van der Waals surface area contributed by atoms with Crippen LogP contribution in [0.25, 0.3) is 22.9 Å². The molecule has 0 atom stereocenters. The molecule has 0 spiro atoms. The van der Waals surface area contributed by atoms with Gasteiger partial charge in [-0.2, -0.15) is 0 Å². The van der Waals surface area contributed by atoms with E-state index in [0.717, 1.165) is 0 Å². The van der Waals surface area contributed by atoms with Crippen molar-refractivity contribution >= 4 is 22.9 Å². The minimum atomic E-state index is -0.561. The van der Waals surface area contributed by atoms with Crippen LogP contribution in [-0.2, 0) is 0 Å². The third-order valence-electron chi connectivity index (χ3n) is 5.07. The molecule has 0 amide bonds. The van der Waals surface area contributed by atoms with Crippen LogP contribution in [0.2, 0.25) is 0 Å². The average molecular weight is 347 g/mol. The summed E-state index contributed by atoms with van der Waals surface area (Å²) in [4.78, 5) is 16.4. The minimum Gasteiger partial charge on any atom is -0.507 e. The summed E-state index contributed by atoms with van der Waals surface area (Å²) in [7, 11) is 0. The van der Waals surface area contributed by atoms with Crippen molar-refractivity contribution in [3.8, 4) is 0 Å². The first-order valence-electron chi connectivity index (χ1n) is 9.11. The Kier molecular flexibility index (Phi) is 4.57. The van der Waals surface area contributed by atoms with Gasteiger partial charge < -0.3 is 9.52 Å². The molecule has 132 valence electrons. The predicted molar refractivity (Wildman–Crippen MR) is 103 cm³/mol. The summed E-state index contributed by atoms with van der Waals surface area (Å²) in [6.07, 6.45) is 7.77. The van der Waals surface area contributed by atoms with Crippen molar-refractivity contribution in [3.05, 3.63) is 75.8 Å². The fraction of sp³-hybridized carbons (Fsp3) is 0.273. The van der Waals surface area contributed by atoms with Gasteiger partial charge in [0.2, 0.25) is 0 Å². The summed E-state index contributed by atoms with van der Waals surface area (Å²) < 4.78 is 5.25. The number of hydrogen-bond donors (Lipinski definition) is 1. The van der Waals surface area contributed by atoms with Gasteiger partial charge in [0.25, 0.3) is 0 Å². The van der Waals surface area contributed by atoms with Crippen LogP contribution in [-0.4, -0.2) is 10.1 Å². The Balaban J connectivity index is 1.61. The Bertz CT molecular complexity index is 996. The SMILES string of the molecule is O=c1oc2ccccc2nc1C=C(O)c1ccc(C2CCCCC2)cc1. The molecule has 4 nitrogen and oxygen atoms in total. The monoisotopic (exact) mass is 347 g/mol. The molecule has 1 aliphatic rings. The maximum Gasteiger partial charge on any atom is 0.362 e. The van der Waals surface area contributed by atoms with E-state index in [0.29, 0.717) is 22.6 Å². The third kappa shape index (κ3) is 3.40. The Morgan fingerprint density at radius 2 is 1.77 bits per heavy atom. The van der Waals surface area contributed by atoms with Crippen molar-refractivity contribution in [3.63, 3.8) is 0 Å². The highest BCUT2D eigenvalue weighted by Crippen LogP contribution is 2.33. The molecule has 0 aliphatic heterocycles. The number of hydrogen-bond acceptors (Lipinski definition) is 4. The molecule has 1 N–H and O–H groups in total. The first-order valence-corrected chi connectivity index (χ1v) is 9.11. The molecule has 0 radical (unpaired) electrons. The van der Waals surface area contributed by atoms with Gasteiger partial charge >= 0.3 is 5.63 Å². The standard InChI is InChI=1S/C22H21NO3/c24-20(14-19-22(25)26-21-9-5-4-8-18(21)23-19)17-12-10-16(11-13-17)15-6-2-1-3-7-15/h4-5,8-15,24H,1-3,6-7H2. The smallest absolute Gasteiger partial charge is 0.362 e. The number of para-hydroxylation sites is 2. The number of aliphatic hydroxyl groups is 1. The predicted octanol–water partition coefficient (Wildman–Crippen LogP) is 5.29. The molecule has 1 fully saturated rings. The van der Waals surface area contributed by atoms with Gasteiger partial charge in [-0.15, -0.1) is 0 Å².